The fourth-order valence-corrected chi connectivity index (χ4v) is 4.01. The van der Waals surface area contributed by atoms with Gasteiger partial charge in [-0.1, -0.05) is 46.4 Å². The Bertz CT molecular complexity index is 1270. The maximum atomic E-state index is 12.7. The van der Waals surface area contributed by atoms with E-state index in [1.54, 1.807) is 36.4 Å². The minimum atomic E-state index is -0.410. The van der Waals surface area contributed by atoms with Gasteiger partial charge in [0.25, 0.3) is 5.91 Å². The predicted octanol–water partition coefficient (Wildman–Crippen LogP) is 7.37. The van der Waals surface area contributed by atoms with Gasteiger partial charge in [0.1, 0.15) is 11.3 Å². The standard InChI is InChI=1S/C21H12Cl4N2O3/c1-29-18-14(6-11(22)7-15(18)24)20(28)26-13-4-2-10(3-5-13)21-27-17-9-12(23)8-16(25)19(17)30-21/h2-9H,1H3,(H,26,28). The highest BCUT2D eigenvalue weighted by Crippen LogP contribution is 2.34. The van der Waals surface area contributed by atoms with Gasteiger partial charge in [0.05, 0.1) is 22.7 Å². The highest BCUT2D eigenvalue weighted by molar-refractivity contribution is 6.38. The minimum absolute atomic E-state index is 0.226. The van der Waals surface area contributed by atoms with Crippen LogP contribution < -0.4 is 10.1 Å². The number of nitrogens with one attached hydrogen (secondary N) is 1. The average molecular weight is 482 g/mol. The number of carbonyl (C=O) groups is 1. The molecule has 0 saturated carbocycles. The van der Waals surface area contributed by atoms with Crippen LogP contribution in [0.15, 0.2) is 52.9 Å². The Labute approximate surface area is 191 Å². The van der Waals surface area contributed by atoms with E-state index in [2.05, 4.69) is 10.3 Å². The van der Waals surface area contributed by atoms with Crippen LogP contribution in [-0.4, -0.2) is 18.0 Å². The van der Waals surface area contributed by atoms with E-state index in [4.69, 9.17) is 55.6 Å². The Morgan fingerprint density at radius 3 is 2.33 bits per heavy atom. The topological polar surface area (TPSA) is 64.4 Å². The van der Waals surface area contributed by atoms with Gasteiger partial charge in [0.15, 0.2) is 5.58 Å². The molecule has 30 heavy (non-hydrogen) atoms. The SMILES string of the molecule is COc1c(Cl)cc(Cl)cc1C(=O)Nc1ccc(-c2nc3cc(Cl)cc(Cl)c3o2)cc1. The summed E-state index contributed by atoms with van der Waals surface area (Å²) >= 11 is 24.3. The molecule has 3 aromatic carbocycles. The van der Waals surface area contributed by atoms with Gasteiger partial charge in [0.2, 0.25) is 5.89 Å². The molecular weight excluding hydrogens is 470 g/mol. The van der Waals surface area contributed by atoms with Gasteiger partial charge in [-0.2, -0.15) is 0 Å². The van der Waals surface area contributed by atoms with E-state index in [-0.39, 0.29) is 16.3 Å². The zero-order valence-electron chi connectivity index (χ0n) is 15.3. The maximum absolute atomic E-state index is 12.7. The summed E-state index contributed by atoms with van der Waals surface area (Å²) in [6, 6.07) is 13.2. The number of fused-ring (bicyclic) bond motifs is 1. The van der Waals surface area contributed by atoms with Crippen molar-refractivity contribution in [2.45, 2.75) is 0 Å². The third-order valence-corrected chi connectivity index (χ3v) is 5.25. The number of hydrogen-bond donors (Lipinski definition) is 1. The number of amides is 1. The number of carbonyl (C=O) groups excluding carboxylic acids is 1. The van der Waals surface area contributed by atoms with Crippen LogP contribution in [0.3, 0.4) is 0 Å². The van der Waals surface area contributed by atoms with Crippen LogP contribution in [0.4, 0.5) is 5.69 Å². The van der Waals surface area contributed by atoms with Crippen molar-refractivity contribution in [1.82, 2.24) is 4.98 Å². The molecule has 0 aliphatic carbocycles. The first-order valence-corrected chi connectivity index (χ1v) is 10.1. The van der Waals surface area contributed by atoms with E-state index in [0.717, 1.165) is 0 Å². The smallest absolute Gasteiger partial charge is 0.259 e. The zero-order chi connectivity index (χ0) is 21.4. The number of methoxy groups -OCH3 is 1. The molecule has 0 saturated heterocycles. The predicted molar refractivity (Wildman–Crippen MR) is 120 cm³/mol. The molecule has 1 heterocycles. The second-order valence-electron chi connectivity index (χ2n) is 6.25. The Hall–Kier alpha value is -2.44. The summed E-state index contributed by atoms with van der Waals surface area (Å²) in [5.41, 5.74) is 2.51. The van der Waals surface area contributed by atoms with Crippen molar-refractivity contribution in [2.24, 2.45) is 0 Å². The molecule has 5 nitrogen and oxygen atoms in total. The normalized spacial score (nSPS) is 11.0. The monoisotopic (exact) mass is 480 g/mol. The summed E-state index contributed by atoms with van der Waals surface area (Å²) < 4.78 is 11.0. The quantitative estimate of drug-likeness (QED) is 0.330. The van der Waals surface area contributed by atoms with Crippen LogP contribution in [0.5, 0.6) is 5.75 Å². The van der Waals surface area contributed by atoms with E-state index in [1.165, 1.54) is 19.2 Å². The summed E-state index contributed by atoms with van der Waals surface area (Å²) in [6.07, 6.45) is 0. The van der Waals surface area contributed by atoms with E-state index in [1.807, 2.05) is 0 Å². The lowest BCUT2D eigenvalue weighted by molar-refractivity contribution is 0.102. The molecule has 152 valence electrons. The summed E-state index contributed by atoms with van der Waals surface area (Å²) in [4.78, 5) is 17.1. The van der Waals surface area contributed by atoms with Gasteiger partial charge in [-0.15, -0.1) is 0 Å². The van der Waals surface area contributed by atoms with Crippen molar-refractivity contribution in [3.8, 4) is 17.2 Å². The highest BCUT2D eigenvalue weighted by Gasteiger charge is 2.17. The van der Waals surface area contributed by atoms with Crippen molar-refractivity contribution < 1.29 is 13.9 Å². The van der Waals surface area contributed by atoms with E-state index in [0.29, 0.717) is 43.3 Å². The molecule has 0 atom stereocenters. The molecule has 0 bridgehead atoms. The van der Waals surface area contributed by atoms with Crippen LogP contribution in [-0.2, 0) is 0 Å². The largest absolute Gasteiger partial charge is 0.494 e. The molecule has 4 rings (SSSR count). The van der Waals surface area contributed by atoms with E-state index >= 15 is 0 Å². The van der Waals surface area contributed by atoms with Gasteiger partial charge in [-0.3, -0.25) is 4.79 Å². The Morgan fingerprint density at radius 2 is 1.63 bits per heavy atom. The number of oxazole rings is 1. The Balaban J connectivity index is 1.59. The van der Waals surface area contributed by atoms with Gasteiger partial charge >= 0.3 is 0 Å². The molecule has 4 aromatic rings. The number of aromatic nitrogens is 1. The molecule has 0 fully saturated rings. The summed E-state index contributed by atoms with van der Waals surface area (Å²) in [6.45, 7) is 0. The van der Waals surface area contributed by atoms with Crippen LogP contribution in [0.25, 0.3) is 22.6 Å². The molecule has 0 aliphatic heterocycles. The minimum Gasteiger partial charge on any atom is -0.494 e. The van der Waals surface area contributed by atoms with E-state index < -0.39 is 5.91 Å². The number of nitrogens with zero attached hydrogens (tertiary/aromatic N) is 1. The first-order chi connectivity index (χ1) is 14.4. The number of rotatable bonds is 4. The van der Waals surface area contributed by atoms with Crippen molar-refractivity contribution >= 4 is 69.1 Å². The first kappa shape index (κ1) is 20.8. The molecule has 0 unspecified atom stereocenters. The van der Waals surface area contributed by atoms with Crippen molar-refractivity contribution in [2.75, 3.05) is 12.4 Å². The molecule has 1 N–H and O–H groups in total. The zero-order valence-corrected chi connectivity index (χ0v) is 18.3. The molecule has 1 aromatic heterocycles. The Kier molecular flexibility index (Phi) is 5.80. The molecule has 0 aliphatic rings. The third kappa shape index (κ3) is 4.07. The van der Waals surface area contributed by atoms with Crippen molar-refractivity contribution in [1.29, 1.82) is 0 Å². The lowest BCUT2D eigenvalue weighted by Crippen LogP contribution is -2.13. The fraction of sp³-hybridized carbons (Fsp3) is 0.0476. The molecule has 9 heteroatoms. The fourth-order valence-electron chi connectivity index (χ4n) is 2.91. The van der Waals surface area contributed by atoms with Gasteiger partial charge in [-0.25, -0.2) is 4.98 Å². The third-order valence-electron chi connectivity index (χ3n) is 4.26. The van der Waals surface area contributed by atoms with Crippen molar-refractivity contribution in [3.05, 3.63) is 74.2 Å². The lowest BCUT2D eigenvalue weighted by atomic mass is 10.1. The lowest BCUT2D eigenvalue weighted by Gasteiger charge is -2.11. The number of halogens is 4. The molecule has 1 amide bonds. The summed E-state index contributed by atoms with van der Waals surface area (Å²) in [5.74, 6) is 0.222. The van der Waals surface area contributed by atoms with E-state index in [9.17, 15) is 4.79 Å². The molecule has 0 spiro atoms. The second-order valence-corrected chi connectivity index (χ2v) is 7.94. The van der Waals surface area contributed by atoms with Gasteiger partial charge < -0.3 is 14.5 Å². The molecular formula is C21H12Cl4N2O3. The number of anilines is 1. The second kappa shape index (κ2) is 8.36. The first-order valence-electron chi connectivity index (χ1n) is 8.56. The maximum Gasteiger partial charge on any atom is 0.259 e. The number of hydrogen-bond acceptors (Lipinski definition) is 4. The van der Waals surface area contributed by atoms with Crippen LogP contribution in [0.1, 0.15) is 10.4 Å². The van der Waals surface area contributed by atoms with Gasteiger partial charge in [0, 0.05) is 21.3 Å². The summed E-state index contributed by atoms with van der Waals surface area (Å²) in [5, 5.41) is 4.22. The van der Waals surface area contributed by atoms with Crippen LogP contribution in [0, 0.1) is 0 Å². The van der Waals surface area contributed by atoms with Crippen molar-refractivity contribution in [3.63, 3.8) is 0 Å². The van der Waals surface area contributed by atoms with Gasteiger partial charge in [-0.05, 0) is 48.5 Å². The molecule has 0 radical (unpaired) electrons. The van der Waals surface area contributed by atoms with Crippen LogP contribution >= 0.6 is 46.4 Å². The average Bonchev–Trinajstić information content (AvgIpc) is 3.12. The number of ether oxygens (including phenoxy) is 1. The summed E-state index contributed by atoms with van der Waals surface area (Å²) in [7, 11) is 1.43. The Morgan fingerprint density at radius 1 is 0.967 bits per heavy atom. The van der Waals surface area contributed by atoms with Crippen LogP contribution in [0.2, 0.25) is 20.1 Å². The highest BCUT2D eigenvalue weighted by atomic mass is 35.5. The number of benzene rings is 3.